The third-order valence-corrected chi connectivity index (χ3v) is 5.16. The van der Waals surface area contributed by atoms with Crippen LogP contribution in [0.2, 0.25) is 0 Å². The van der Waals surface area contributed by atoms with Crippen LogP contribution in [0.4, 0.5) is 24.3 Å². The van der Waals surface area contributed by atoms with Crippen LogP contribution in [-0.2, 0) is 20.8 Å². The molecule has 0 fully saturated rings. The number of anilines is 1. The van der Waals surface area contributed by atoms with Gasteiger partial charge in [-0.2, -0.15) is 0 Å². The van der Waals surface area contributed by atoms with Crippen LogP contribution in [0.25, 0.3) is 0 Å². The summed E-state index contributed by atoms with van der Waals surface area (Å²) in [4.78, 5) is 2.26. The highest BCUT2D eigenvalue weighted by molar-refractivity contribution is 6.33. The molecule has 0 unspecified atom stereocenters. The van der Waals surface area contributed by atoms with E-state index in [1.165, 1.54) is 22.4 Å². The molecule has 2 aromatic rings. The molecule has 6 nitrogen and oxygen atoms in total. The molecule has 1 aliphatic rings. The van der Waals surface area contributed by atoms with Gasteiger partial charge in [0.05, 0.1) is 13.2 Å². The van der Waals surface area contributed by atoms with Crippen molar-refractivity contribution in [1.29, 1.82) is 0 Å². The molecule has 35 heavy (non-hydrogen) atoms. The van der Waals surface area contributed by atoms with Crippen molar-refractivity contribution >= 4 is 25.3 Å². The van der Waals surface area contributed by atoms with E-state index in [-0.39, 0.29) is 11.5 Å². The predicted molar refractivity (Wildman–Crippen MR) is 128 cm³/mol. The summed E-state index contributed by atoms with van der Waals surface area (Å²) >= 11 is 0. The number of nitrogens with zero attached hydrogens (tertiary/aromatic N) is 2. The summed E-state index contributed by atoms with van der Waals surface area (Å²) in [7, 11) is -0.360. The molecule has 1 heterocycles. The molecular weight excluding hydrogens is 467 g/mol. The van der Waals surface area contributed by atoms with Crippen molar-refractivity contribution < 1.29 is 41.2 Å². The Bertz CT molecular complexity index is 909. The van der Waals surface area contributed by atoms with Gasteiger partial charge in [-0.25, -0.2) is 9.48 Å². The van der Waals surface area contributed by atoms with E-state index in [1.807, 2.05) is 12.1 Å². The number of methoxy groups -OCH3 is 2. The quantitative estimate of drug-likeness (QED) is 0.164. The average molecular weight is 500 g/mol. The lowest BCUT2D eigenvalue weighted by Gasteiger charge is -2.17. The highest BCUT2D eigenvalue weighted by atomic mass is 19.4. The highest BCUT2D eigenvalue weighted by Crippen LogP contribution is 2.35. The number of aryl methyl sites for hydroxylation is 3. The summed E-state index contributed by atoms with van der Waals surface area (Å²) in [5.74, 6) is 0.834. The minimum atomic E-state index is -3.67. The number of halogens is 4. The Morgan fingerprint density at radius 3 is 2.26 bits per heavy atom. The van der Waals surface area contributed by atoms with Gasteiger partial charge in [-0.1, -0.05) is 29.8 Å². The molecule has 194 valence electrons. The Morgan fingerprint density at radius 1 is 1.00 bits per heavy atom. The summed E-state index contributed by atoms with van der Waals surface area (Å²) in [6.45, 7) is 10.0. The van der Waals surface area contributed by atoms with Gasteiger partial charge in [-0.3, -0.25) is 12.9 Å². The van der Waals surface area contributed by atoms with E-state index in [2.05, 4.69) is 54.8 Å². The van der Waals surface area contributed by atoms with Crippen molar-refractivity contribution in [3.05, 3.63) is 52.6 Å². The van der Waals surface area contributed by atoms with Crippen LogP contribution in [-0.4, -0.2) is 65.8 Å². The van der Waals surface area contributed by atoms with E-state index in [9.17, 15) is 12.9 Å². The van der Waals surface area contributed by atoms with Crippen molar-refractivity contribution in [2.45, 2.75) is 27.4 Å². The second-order valence-electron chi connectivity index (χ2n) is 7.86. The van der Waals surface area contributed by atoms with Crippen molar-refractivity contribution in [3.8, 4) is 5.75 Å². The van der Waals surface area contributed by atoms with E-state index < -0.39 is 7.54 Å². The maximum absolute atomic E-state index is 9.67. The molecule has 0 spiro atoms. The topological polar surface area (TPSA) is 43.2 Å². The molecule has 0 aliphatic carbocycles. The fourth-order valence-electron chi connectivity index (χ4n) is 4.06. The number of hydrogen-bond acceptors (Lipinski definition) is 5. The van der Waals surface area contributed by atoms with Crippen molar-refractivity contribution in [1.82, 2.24) is 0 Å². The predicted octanol–water partition coefficient (Wildman–Crippen LogP) is 1.83. The SMILES string of the molecule is COCCOc1cccc(COCOC)c1N1C=[N+](c2c(C)cc(C)cc2C)CC1.FB(F)F.[F-]. The molecule has 0 amide bonds. The average Bonchev–Trinajstić information content (AvgIpc) is 3.22. The minimum absolute atomic E-state index is 0. The van der Waals surface area contributed by atoms with Crippen LogP contribution >= 0.6 is 0 Å². The zero-order valence-electron chi connectivity index (χ0n) is 20.8. The maximum atomic E-state index is 9.67. The van der Waals surface area contributed by atoms with Gasteiger partial charge in [0.2, 0.25) is 6.34 Å². The first-order valence-electron chi connectivity index (χ1n) is 11.0. The number of benzene rings is 2. The number of hydrogen-bond donors (Lipinski definition) is 0. The molecule has 0 saturated heterocycles. The Kier molecular flexibility index (Phi) is 13.4. The first kappa shape index (κ1) is 30.4. The van der Waals surface area contributed by atoms with Gasteiger partial charge in [0.25, 0.3) is 0 Å². The fraction of sp³-hybridized carbons (Fsp3) is 0.458. The van der Waals surface area contributed by atoms with Gasteiger partial charge in [-0.05, 0) is 38.0 Å². The molecule has 0 atom stereocenters. The van der Waals surface area contributed by atoms with Crippen LogP contribution in [0.5, 0.6) is 5.75 Å². The minimum Gasteiger partial charge on any atom is -1.00 e. The van der Waals surface area contributed by atoms with E-state index in [0.717, 1.165) is 30.1 Å². The molecule has 0 N–H and O–H groups in total. The number of para-hydroxylation sites is 1. The van der Waals surface area contributed by atoms with Gasteiger partial charge >= 0.3 is 7.54 Å². The lowest BCUT2D eigenvalue weighted by molar-refractivity contribution is -0.425. The summed E-state index contributed by atoms with van der Waals surface area (Å²) in [5.41, 5.74) is 7.25. The molecule has 3 rings (SSSR count). The molecule has 11 heteroatoms. The van der Waals surface area contributed by atoms with Crippen LogP contribution in [0, 0.1) is 20.8 Å². The first-order valence-corrected chi connectivity index (χ1v) is 11.0. The van der Waals surface area contributed by atoms with Crippen molar-refractivity contribution in [2.75, 3.05) is 52.2 Å². The van der Waals surface area contributed by atoms with Crippen molar-refractivity contribution in [2.24, 2.45) is 0 Å². The molecule has 1 aliphatic heterocycles. The van der Waals surface area contributed by atoms with Crippen molar-refractivity contribution in [3.63, 3.8) is 0 Å². The molecule has 0 radical (unpaired) electrons. The van der Waals surface area contributed by atoms with E-state index in [0.29, 0.717) is 19.8 Å². The summed E-state index contributed by atoms with van der Waals surface area (Å²) in [5, 5.41) is 0. The van der Waals surface area contributed by atoms with Crippen LogP contribution in [0.3, 0.4) is 0 Å². The summed E-state index contributed by atoms with van der Waals surface area (Å²) in [6.07, 6.45) is 2.18. The maximum Gasteiger partial charge on any atom is 0.762 e. The third kappa shape index (κ3) is 9.16. The lowest BCUT2D eigenvalue weighted by Crippen LogP contribution is -3.00. The monoisotopic (exact) mass is 500 g/mol. The summed E-state index contributed by atoms with van der Waals surface area (Å²) in [6, 6.07) is 10.6. The Labute approximate surface area is 204 Å². The van der Waals surface area contributed by atoms with Crippen LogP contribution in [0.1, 0.15) is 22.3 Å². The van der Waals surface area contributed by atoms with Gasteiger partial charge in [0, 0.05) is 19.8 Å². The molecule has 0 bridgehead atoms. The first-order chi connectivity index (χ1) is 16.3. The molecule has 2 aromatic carbocycles. The second kappa shape index (κ2) is 15.4. The second-order valence-corrected chi connectivity index (χ2v) is 7.86. The molecule has 0 aromatic heterocycles. The molecular formula is C24H33BF4N2O4. The van der Waals surface area contributed by atoms with Gasteiger partial charge in [-0.15, -0.1) is 0 Å². The smallest absolute Gasteiger partial charge is 0.762 e. The lowest BCUT2D eigenvalue weighted by atomic mass is 10.0. The summed E-state index contributed by atoms with van der Waals surface area (Å²) < 4.78 is 53.2. The van der Waals surface area contributed by atoms with Gasteiger partial charge < -0.3 is 23.7 Å². The van der Waals surface area contributed by atoms with E-state index >= 15 is 0 Å². The standard InChI is InChI=1S/C24H33N2O4.BF3.FH/c1-18-13-19(2)23(20(3)14-18)25-9-10-26(16-25)24-21(15-29-17-28-5)7-6-8-22(24)30-12-11-27-4;2-1(3)4;/h6-8,13-14,16H,9-12,15,17H2,1-5H3;;1H/q+1;;/p-1. The number of rotatable bonds is 10. The normalized spacial score (nSPS) is 12.5. The van der Waals surface area contributed by atoms with E-state index in [4.69, 9.17) is 18.9 Å². The van der Waals surface area contributed by atoms with Crippen LogP contribution < -0.4 is 14.3 Å². The van der Waals surface area contributed by atoms with Gasteiger partial charge in [0.1, 0.15) is 32.2 Å². The van der Waals surface area contributed by atoms with Crippen LogP contribution in [0.15, 0.2) is 30.3 Å². The largest absolute Gasteiger partial charge is 1.00 e. The Hall–Kier alpha value is -2.63. The zero-order valence-corrected chi connectivity index (χ0v) is 20.8. The fourth-order valence-corrected chi connectivity index (χ4v) is 4.06. The van der Waals surface area contributed by atoms with Gasteiger partial charge in [0.15, 0.2) is 11.4 Å². The Balaban J connectivity index is 0.00000114. The Morgan fingerprint density at radius 2 is 1.66 bits per heavy atom. The third-order valence-electron chi connectivity index (χ3n) is 5.16. The highest BCUT2D eigenvalue weighted by Gasteiger charge is 2.29. The number of ether oxygens (including phenoxy) is 4. The molecule has 0 saturated carbocycles. The van der Waals surface area contributed by atoms with E-state index in [1.54, 1.807) is 14.2 Å². The zero-order chi connectivity index (χ0) is 25.1.